The van der Waals surface area contributed by atoms with E-state index in [9.17, 15) is 13.2 Å². The molecule has 0 radical (unpaired) electrons. The van der Waals surface area contributed by atoms with Gasteiger partial charge in [0, 0.05) is 44.0 Å². The zero-order valence-electron chi connectivity index (χ0n) is 21.3. The average molecular weight is 529 g/mol. The molecule has 10 heteroatoms. The maximum absolute atomic E-state index is 13.6. The first kappa shape index (κ1) is 25.0. The van der Waals surface area contributed by atoms with Crippen molar-refractivity contribution >= 4 is 15.7 Å². The van der Waals surface area contributed by atoms with Gasteiger partial charge in [-0.25, -0.2) is 8.42 Å². The van der Waals surface area contributed by atoms with E-state index in [1.807, 2.05) is 16.8 Å². The van der Waals surface area contributed by atoms with Gasteiger partial charge in [0.1, 0.15) is 0 Å². The van der Waals surface area contributed by atoms with Crippen LogP contribution in [0.3, 0.4) is 0 Å². The number of hydrogen-bond donors (Lipinski definition) is 0. The molecule has 6 rings (SSSR count). The number of rotatable bonds is 5. The normalized spacial score (nSPS) is 24.4. The van der Waals surface area contributed by atoms with Crippen molar-refractivity contribution in [1.29, 1.82) is 0 Å². The number of morpholine rings is 1. The second-order valence-electron chi connectivity index (χ2n) is 10.7. The molecule has 4 aliphatic heterocycles. The first-order chi connectivity index (χ1) is 18.0. The van der Waals surface area contributed by atoms with Crippen LogP contribution in [0, 0.1) is 5.92 Å². The maximum atomic E-state index is 13.6. The summed E-state index contributed by atoms with van der Waals surface area (Å²) < 4.78 is 39.5. The van der Waals surface area contributed by atoms with E-state index in [0.717, 1.165) is 70.1 Å². The lowest BCUT2D eigenvalue weighted by Gasteiger charge is -2.35. The van der Waals surface area contributed by atoms with Crippen LogP contribution >= 0.6 is 0 Å². The van der Waals surface area contributed by atoms with Gasteiger partial charge in [-0.1, -0.05) is 18.2 Å². The van der Waals surface area contributed by atoms with Gasteiger partial charge in [0.2, 0.25) is 0 Å². The number of ether oxygens (including phenoxy) is 2. The topological polar surface area (TPSA) is 94.0 Å². The summed E-state index contributed by atoms with van der Waals surface area (Å²) in [6.07, 6.45) is 5.47. The Morgan fingerprint density at radius 2 is 1.76 bits per heavy atom. The van der Waals surface area contributed by atoms with E-state index in [-0.39, 0.29) is 23.4 Å². The van der Waals surface area contributed by atoms with Gasteiger partial charge in [-0.2, -0.15) is 5.10 Å². The number of fused-ring (bicyclic) bond motifs is 3. The Balaban J connectivity index is 1.33. The van der Waals surface area contributed by atoms with E-state index in [0.29, 0.717) is 42.3 Å². The fourth-order valence-corrected chi connectivity index (χ4v) is 7.87. The number of carbonyl (C=O) groups is 1. The Morgan fingerprint density at radius 3 is 2.57 bits per heavy atom. The number of likely N-dealkylation sites (tertiary alicyclic amines) is 1. The van der Waals surface area contributed by atoms with Crippen LogP contribution in [-0.4, -0.2) is 93.1 Å². The summed E-state index contributed by atoms with van der Waals surface area (Å²) in [6, 6.07) is 7.26. The lowest BCUT2D eigenvalue weighted by Crippen LogP contribution is -2.41. The highest BCUT2D eigenvalue weighted by Gasteiger charge is 2.39. The second kappa shape index (κ2) is 10.5. The largest absolute Gasteiger partial charge is 0.381 e. The Bertz CT molecular complexity index is 1250. The van der Waals surface area contributed by atoms with Crippen LogP contribution in [0.2, 0.25) is 0 Å². The molecule has 3 saturated heterocycles. The van der Waals surface area contributed by atoms with Crippen LogP contribution in [0.4, 0.5) is 0 Å². The SMILES string of the molecule is O=C(c1nn([C@@H]2CCCN(CCC3CCOCC3)C2)c2c1CS(=O)(=O)c1ccccc1-2)N1CCOCC1. The van der Waals surface area contributed by atoms with E-state index in [4.69, 9.17) is 14.6 Å². The number of benzene rings is 1. The molecule has 0 unspecified atom stereocenters. The molecule has 37 heavy (non-hydrogen) atoms. The molecule has 1 aromatic carbocycles. The van der Waals surface area contributed by atoms with Gasteiger partial charge in [-0.3, -0.25) is 9.48 Å². The number of aromatic nitrogens is 2. The summed E-state index contributed by atoms with van der Waals surface area (Å²) in [4.78, 5) is 18.2. The quantitative estimate of drug-likeness (QED) is 0.589. The van der Waals surface area contributed by atoms with Crippen molar-refractivity contribution in [3.8, 4) is 11.3 Å². The van der Waals surface area contributed by atoms with Crippen molar-refractivity contribution in [2.45, 2.75) is 48.8 Å². The third kappa shape index (κ3) is 4.96. The molecule has 0 aliphatic carbocycles. The molecule has 0 spiro atoms. The average Bonchev–Trinajstić information content (AvgIpc) is 3.31. The van der Waals surface area contributed by atoms with Gasteiger partial charge in [0.05, 0.1) is 35.6 Å². The van der Waals surface area contributed by atoms with Crippen LogP contribution < -0.4 is 0 Å². The predicted molar refractivity (Wildman–Crippen MR) is 138 cm³/mol. The first-order valence-corrected chi connectivity index (χ1v) is 15.3. The van der Waals surface area contributed by atoms with E-state index < -0.39 is 9.84 Å². The molecule has 5 heterocycles. The molecule has 0 saturated carbocycles. The highest BCUT2D eigenvalue weighted by molar-refractivity contribution is 7.90. The van der Waals surface area contributed by atoms with Gasteiger partial charge in [-0.05, 0) is 57.2 Å². The molecule has 4 aliphatic rings. The molecule has 3 fully saturated rings. The summed E-state index contributed by atoms with van der Waals surface area (Å²) in [6.45, 7) is 6.67. The first-order valence-electron chi connectivity index (χ1n) is 13.6. The summed E-state index contributed by atoms with van der Waals surface area (Å²) in [5.74, 6) is 0.340. The van der Waals surface area contributed by atoms with Crippen LogP contribution in [0.15, 0.2) is 29.2 Å². The summed E-state index contributed by atoms with van der Waals surface area (Å²) in [5.41, 5.74) is 2.30. The maximum Gasteiger partial charge on any atom is 0.274 e. The fourth-order valence-electron chi connectivity index (χ4n) is 6.28. The molecule has 1 aromatic heterocycles. The number of piperidine rings is 1. The van der Waals surface area contributed by atoms with Crippen molar-refractivity contribution in [2.24, 2.45) is 5.92 Å². The zero-order valence-corrected chi connectivity index (χ0v) is 22.1. The van der Waals surface area contributed by atoms with E-state index in [1.54, 1.807) is 17.0 Å². The van der Waals surface area contributed by atoms with Crippen LogP contribution in [0.1, 0.15) is 54.2 Å². The molecule has 1 atom stereocenters. The van der Waals surface area contributed by atoms with Crippen molar-refractivity contribution < 1.29 is 22.7 Å². The Morgan fingerprint density at radius 1 is 1.00 bits per heavy atom. The third-order valence-corrected chi connectivity index (χ3v) is 10.0. The van der Waals surface area contributed by atoms with Crippen molar-refractivity contribution in [1.82, 2.24) is 19.6 Å². The van der Waals surface area contributed by atoms with E-state index >= 15 is 0 Å². The monoisotopic (exact) mass is 528 g/mol. The lowest BCUT2D eigenvalue weighted by atomic mass is 9.95. The molecular weight excluding hydrogens is 492 g/mol. The minimum Gasteiger partial charge on any atom is -0.381 e. The number of hydrogen-bond acceptors (Lipinski definition) is 7. The van der Waals surface area contributed by atoms with Gasteiger partial charge < -0.3 is 19.3 Å². The minimum absolute atomic E-state index is 0.0947. The molecule has 1 amide bonds. The number of amides is 1. The third-order valence-electron chi connectivity index (χ3n) is 8.34. The molecule has 200 valence electrons. The van der Waals surface area contributed by atoms with E-state index in [2.05, 4.69) is 4.90 Å². The number of sulfone groups is 1. The van der Waals surface area contributed by atoms with Crippen molar-refractivity contribution in [3.63, 3.8) is 0 Å². The molecule has 0 bridgehead atoms. The highest BCUT2D eigenvalue weighted by atomic mass is 32.2. The second-order valence-corrected chi connectivity index (χ2v) is 12.7. The van der Waals surface area contributed by atoms with Gasteiger partial charge in [-0.15, -0.1) is 0 Å². The Kier molecular flexibility index (Phi) is 7.09. The summed E-state index contributed by atoms with van der Waals surface area (Å²) in [5, 5.41) is 4.92. The summed E-state index contributed by atoms with van der Waals surface area (Å²) in [7, 11) is -3.56. The van der Waals surface area contributed by atoms with Crippen molar-refractivity contribution in [2.75, 3.05) is 59.2 Å². The predicted octanol–water partition coefficient (Wildman–Crippen LogP) is 2.76. The Labute approximate surface area is 218 Å². The van der Waals surface area contributed by atoms with E-state index in [1.165, 1.54) is 6.42 Å². The van der Waals surface area contributed by atoms with Crippen LogP contribution in [0.25, 0.3) is 11.3 Å². The minimum atomic E-state index is -3.56. The molecule has 9 nitrogen and oxygen atoms in total. The van der Waals surface area contributed by atoms with Crippen LogP contribution in [-0.2, 0) is 25.1 Å². The lowest BCUT2D eigenvalue weighted by molar-refractivity contribution is 0.0297. The zero-order chi connectivity index (χ0) is 25.4. The van der Waals surface area contributed by atoms with Gasteiger partial charge >= 0.3 is 0 Å². The van der Waals surface area contributed by atoms with Crippen molar-refractivity contribution in [3.05, 3.63) is 35.5 Å². The molecular formula is C27H36N4O5S. The fraction of sp³-hybridized carbons (Fsp3) is 0.630. The molecule has 0 N–H and O–H groups in total. The standard InChI is InChI=1S/C27H36N4O5S/c32-27(30-12-16-36-17-13-30)25-23-19-37(33,34)24-6-2-1-5-22(24)26(23)31(28-25)21-4-3-10-29(18-21)11-7-20-8-14-35-15-9-20/h1-2,5-6,20-21H,3-4,7-19H2/t21-/m1/s1. The van der Waals surface area contributed by atoms with Crippen LogP contribution in [0.5, 0.6) is 0 Å². The number of carbonyl (C=O) groups excluding carboxylic acids is 1. The molecule has 2 aromatic rings. The smallest absolute Gasteiger partial charge is 0.274 e. The van der Waals surface area contributed by atoms with Gasteiger partial charge in [0.25, 0.3) is 5.91 Å². The van der Waals surface area contributed by atoms with Gasteiger partial charge in [0.15, 0.2) is 15.5 Å². The highest BCUT2D eigenvalue weighted by Crippen LogP contribution is 2.42. The Hall–Kier alpha value is -2.27. The number of nitrogens with zero attached hydrogens (tertiary/aromatic N) is 4. The summed E-state index contributed by atoms with van der Waals surface area (Å²) >= 11 is 0.